The van der Waals surface area contributed by atoms with Crippen LogP contribution in [-0.4, -0.2) is 20.6 Å². The Hall–Kier alpha value is -1.58. The zero-order valence-corrected chi connectivity index (χ0v) is 7.14. The molecular weight excluding hydrogens is 164 g/mol. The van der Waals surface area contributed by atoms with E-state index in [1.807, 2.05) is 22.7 Å². The molecule has 0 aromatic carbocycles. The predicted octanol–water partition coefficient (Wildman–Crippen LogP) is 1.30. The molecule has 1 aliphatic rings. The van der Waals surface area contributed by atoms with Crippen LogP contribution in [0.4, 0.5) is 5.69 Å². The Morgan fingerprint density at radius 3 is 3.15 bits per heavy atom. The number of hydrogen-bond acceptors (Lipinski definition) is 3. The lowest BCUT2D eigenvalue weighted by atomic mass is 10.4. The number of anilines is 1. The van der Waals surface area contributed by atoms with Crippen molar-refractivity contribution < 1.29 is 0 Å². The van der Waals surface area contributed by atoms with E-state index in [9.17, 15) is 0 Å². The molecule has 0 aliphatic heterocycles. The normalized spacial score (nSPS) is 16.3. The summed E-state index contributed by atoms with van der Waals surface area (Å²) in [6.45, 7) is 0. The number of nitrogens with zero attached hydrogens (tertiary/aromatic N) is 3. The third kappa shape index (κ3) is 1.24. The first-order valence-corrected chi connectivity index (χ1v) is 4.48. The molecule has 0 unspecified atom stereocenters. The standard InChI is InChI=1S/C9H10N4/c1-2-7(1)11-8-3-4-9-12-10-6-13(9)5-8/h3-7,11H,1-2H2. The van der Waals surface area contributed by atoms with Crippen LogP contribution in [0.15, 0.2) is 24.7 Å². The third-order valence-electron chi connectivity index (χ3n) is 2.24. The summed E-state index contributed by atoms with van der Waals surface area (Å²) in [5.41, 5.74) is 2.04. The summed E-state index contributed by atoms with van der Waals surface area (Å²) in [6, 6.07) is 4.70. The lowest BCUT2D eigenvalue weighted by Gasteiger charge is -2.03. The van der Waals surface area contributed by atoms with Crippen molar-refractivity contribution in [2.75, 3.05) is 5.32 Å². The monoisotopic (exact) mass is 174 g/mol. The van der Waals surface area contributed by atoms with Gasteiger partial charge in [-0.1, -0.05) is 0 Å². The second-order valence-corrected chi connectivity index (χ2v) is 3.43. The Morgan fingerprint density at radius 2 is 2.31 bits per heavy atom. The van der Waals surface area contributed by atoms with Crippen molar-refractivity contribution >= 4 is 11.3 Å². The van der Waals surface area contributed by atoms with Crippen LogP contribution in [0.1, 0.15) is 12.8 Å². The lowest BCUT2D eigenvalue weighted by molar-refractivity contribution is 1.09. The van der Waals surface area contributed by atoms with E-state index >= 15 is 0 Å². The van der Waals surface area contributed by atoms with Gasteiger partial charge < -0.3 is 5.32 Å². The first kappa shape index (κ1) is 6.88. The van der Waals surface area contributed by atoms with E-state index in [1.165, 1.54) is 12.8 Å². The van der Waals surface area contributed by atoms with Gasteiger partial charge in [0, 0.05) is 12.2 Å². The second-order valence-electron chi connectivity index (χ2n) is 3.43. The van der Waals surface area contributed by atoms with Crippen molar-refractivity contribution in [2.45, 2.75) is 18.9 Å². The summed E-state index contributed by atoms with van der Waals surface area (Å²) < 4.78 is 1.92. The Morgan fingerprint density at radius 1 is 1.38 bits per heavy atom. The average molecular weight is 174 g/mol. The minimum Gasteiger partial charge on any atom is -0.381 e. The van der Waals surface area contributed by atoms with Crippen molar-refractivity contribution in [3.8, 4) is 0 Å². The Bertz CT molecular complexity index is 430. The van der Waals surface area contributed by atoms with Gasteiger partial charge in [-0.3, -0.25) is 4.40 Å². The molecule has 13 heavy (non-hydrogen) atoms. The Labute approximate surface area is 75.6 Å². The van der Waals surface area contributed by atoms with Gasteiger partial charge in [-0.15, -0.1) is 10.2 Å². The van der Waals surface area contributed by atoms with Gasteiger partial charge in [-0.25, -0.2) is 0 Å². The molecule has 0 atom stereocenters. The summed E-state index contributed by atoms with van der Waals surface area (Å²) in [7, 11) is 0. The van der Waals surface area contributed by atoms with Crippen molar-refractivity contribution in [3.05, 3.63) is 24.7 Å². The van der Waals surface area contributed by atoms with E-state index in [4.69, 9.17) is 0 Å². The molecule has 0 radical (unpaired) electrons. The van der Waals surface area contributed by atoms with Crippen LogP contribution < -0.4 is 5.32 Å². The van der Waals surface area contributed by atoms with Crippen LogP contribution in [0, 0.1) is 0 Å². The zero-order valence-electron chi connectivity index (χ0n) is 7.14. The van der Waals surface area contributed by atoms with Gasteiger partial charge in [0.15, 0.2) is 5.65 Å². The average Bonchev–Trinajstić information content (AvgIpc) is 2.83. The van der Waals surface area contributed by atoms with E-state index in [-0.39, 0.29) is 0 Å². The first-order valence-electron chi connectivity index (χ1n) is 4.48. The van der Waals surface area contributed by atoms with Crippen molar-refractivity contribution in [1.82, 2.24) is 14.6 Å². The van der Waals surface area contributed by atoms with Crippen LogP contribution in [0.25, 0.3) is 5.65 Å². The van der Waals surface area contributed by atoms with Crippen molar-refractivity contribution in [3.63, 3.8) is 0 Å². The fourth-order valence-electron chi connectivity index (χ4n) is 1.38. The molecule has 4 nitrogen and oxygen atoms in total. The summed E-state index contributed by atoms with van der Waals surface area (Å²) >= 11 is 0. The van der Waals surface area contributed by atoms with Gasteiger partial charge in [0.2, 0.25) is 0 Å². The van der Waals surface area contributed by atoms with Crippen LogP contribution in [0.2, 0.25) is 0 Å². The highest BCUT2D eigenvalue weighted by molar-refractivity contribution is 5.50. The smallest absolute Gasteiger partial charge is 0.160 e. The SMILES string of the molecule is c1cc2nncn2cc1NC1CC1. The van der Waals surface area contributed by atoms with Gasteiger partial charge in [0.05, 0.1) is 5.69 Å². The van der Waals surface area contributed by atoms with Gasteiger partial charge in [-0.2, -0.15) is 0 Å². The van der Waals surface area contributed by atoms with Gasteiger partial charge >= 0.3 is 0 Å². The maximum absolute atomic E-state index is 3.94. The van der Waals surface area contributed by atoms with Gasteiger partial charge in [0.1, 0.15) is 6.33 Å². The molecule has 1 fully saturated rings. The molecule has 0 bridgehead atoms. The maximum Gasteiger partial charge on any atom is 0.160 e. The molecule has 2 heterocycles. The Kier molecular flexibility index (Phi) is 1.30. The van der Waals surface area contributed by atoms with Gasteiger partial charge in [-0.05, 0) is 25.0 Å². The highest BCUT2D eigenvalue weighted by Crippen LogP contribution is 2.24. The van der Waals surface area contributed by atoms with Crippen LogP contribution in [0.5, 0.6) is 0 Å². The van der Waals surface area contributed by atoms with Crippen molar-refractivity contribution in [2.24, 2.45) is 0 Å². The summed E-state index contributed by atoms with van der Waals surface area (Å²) in [4.78, 5) is 0. The number of aromatic nitrogens is 3. The van der Waals surface area contributed by atoms with E-state index in [1.54, 1.807) is 6.33 Å². The predicted molar refractivity (Wildman–Crippen MR) is 49.6 cm³/mol. The van der Waals surface area contributed by atoms with E-state index in [2.05, 4.69) is 15.5 Å². The molecular formula is C9H10N4. The molecule has 4 heteroatoms. The molecule has 1 N–H and O–H groups in total. The van der Waals surface area contributed by atoms with E-state index < -0.39 is 0 Å². The fraction of sp³-hybridized carbons (Fsp3) is 0.333. The maximum atomic E-state index is 3.94. The number of fused-ring (bicyclic) bond motifs is 1. The van der Waals surface area contributed by atoms with E-state index in [0.717, 1.165) is 11.3 Å². The van der Waals surface area contributed by atoms with Crippen LogP contribution in [-0.2, 0) is 0 Å². The second kappa shape index (κ2) is 2.45. The fourth-order valence-corrected chi connectivity index (χ4v) is 1.38. The number of nitrogens with one attached hydrogen (secondary N) is 1. The number of pyridine rings is 1. The molecule has 66 valence electrons. The molecule has 2 aromatic heterocycles. The minimum atomic E-state index is 0.689. The Balaban J connectivity index is 1.99. The van der Waals surface area contributed by atoms with Gasteiger partial charge in [0.25, 0.3) is 0 Å². The third-order valence-corrected chi connectivity index (χ3v) is 2.24. The molecule has 1 aliphatic carbocycles. The number of hydrogen-bond donors (Lipinski definition) is 1. The molecule has 0 saturated heterocycles. The van der Waals surface area contributed by atoms with Crippen LogP contribution in [0.3, 0.4) is 0 Å². The quantitative estimate of drug-likeness (QED) is 0.746. The largest absolute Gasteiger partial charge is 0.381 e. The van der Waals surface area contributed by atoms with Crippen molar-refractivity contribution in [1.29, 1.82) is 0 Å². The number of rotatable bonds is 2. The molecule has 0 amide bonds. The van der Waals surface area contributed by atoms with E-state index in [0.29, 0.717) is 6.04 Å². The summed E-state index contributed by atoms with van der Waals surface area (Å²) in [5, 5.41) is 11.2. The summed E-state index contributed by atoms with van der Waals surface area (Å²) in [5.74, 6) is 0. The minimum absolute atomic E-state index is 0.689. The zero-order chi connectivity index (χ0) is 8.67. The molecule has 3 rings (SSSR count). The highest BCUT2D eigenvalue weighted by Gasteiger charge is 2.20. The van der Waals surface area contributed by atoms with Crippen LogP contribution >= 0.6 is 0 Å². The molecule has 2 aromatic rings. The highest BCUT2D eigenvalue weighted by atomic mass is 15.2. The molecule has 1 saturated carbocycles. The first-order chi connectivity index (χ1) is 6.42. The summed E-state index contributed by atoms with van der Waals surface area (Å²) in [6.07, 6.45) is 6.32. The lowest BCUT2D eigenvalue weighted by Crippen LogP contribution is -2.01. The topological polar surface area (TPSA) is 42.2 Å². The molecule has 0 spiro atoms.